The number of carbonyl (C=O) groups is 3. The molecule has 0 radical (unpaired) electrons. The van der Waals surface area contributed by atoms with E-state index in [0.29, 0.717) is 28.5 Å². The van der Waals surface area contributed by atoms with Crippen LogP contribution >= 0.6 is 11.6 Å². The van der Waals surface area contributed by atoms with Crippen molar-refractivity contribution in [3.63, 3.8) is 0 Å². The minimum atomic E-state index is -0.803. The normalized spacial score (nSPS) is 10.7. The maximum absolute atomic E-state index is 11.9. The number of carbonyl (C=O) groups excluding carboxylic acids is 3. The summed E-state index contributed by atoms with van der Waals surface area (Å²) in [6.07, 6.45) is 0.798. The first kappa shape index (κ1) is 18.8. The Labute approximate surface area is 149 Å². The summed E-state index contributed by atoms with van der Waals surface area (Å²) < 4.78 is 10.2. The van der Waals surface area contributed by atoms with Crippen molar-refractivity contribution in [2.75, 3.05) is 13.2 Å². The van der Waals surface area contributed by atoms with Crippen LogP contribution in [0.5, 0.6) is 0 Å². The van der Waals surface area contributed by atoms with Gasteiger partial charge in [0.05, 0.1) is 0 Å². The predicted octanol–water partition coefficient (Wildman–Crippen LogP) is 3.11. The van der Waals surface area contributed by atoms with Crippen molar-refractivity contribution in [3.8, 4) is 0 Å². The maximum Gasteiger partial charge on any atom is 0.374 e. The quantitative estimate of drug-likeness (QED) is 0.765. The molecule has 7 nitrogen and oxygen atoms in total. The average molecular weight is 367 g/mol. The molecule has 134 valence electrons. The number of hydrogen-bond acceptors (Lipinski definition) is 5. The van der Waals surface area contributed by atoms with Crippen LogP contribution in [0.4, 0.5) is 4.79 Å². The van der Waals surface area contributed by atoms with Gasteiger partial charge in [0, 0.05) is 17.0 Å². The summed E-state index contributed by atoms with van der Waals surface area (Å²) in [6, 6.07) is 5.75. The summed E-state index contributed by atoms with van der Waals surface area (Å²) in [5.41, 5.74) is 0.477. The Bertz CT molecular complexity index is 784. The number of urea groups is 1. The molecule has 25 heavy (non-hydrogen) atoms. The van der Waals surface area contributed by atoms with Gasteiger partial charge in [-0.25, -0.2) is 9.59 Å². The standard InChI is InChI=1S/C17H19ClN2O5/c1-10(2)5-6-19-17(23)20-15(21)9-24-16(22)14-8-11-7-12(18)3-4-13(11)25-14/h3-4,7-8,10H,5-6,9H2,1-2H3,(H2,19,20,21,23). The van der Waals surface area contributed by atoms with Gasteiger partial charge in [-0.05, 0) is 36.6 Å². The molecule has 0 aliphatic rings. The van der Waals surface area contributed by atoms with Gasteiger partial charge in [0.25, 0.3) is 5.91 Å². The van der Waals surface area contributed by atoms with Crippen LogP contribution in [0.1, 0.15) is 30.8 Å². The summed E-state index contributed by atoms with van der Waals surface area (Å²) >= 11 is 5.86. The summed E-state index contributed by atoms with van der Waals surface area (Å²) in [5.74, 6) is -1.14. The zero-order chi connectivity index (χ0) is 18.4. The van der Waals surface area contributed by atoms with Crippen LogP contribution in [0.15, 0.2) is 28.7 Å². The molecule has 2 rings (SSSR count). The van der Waals surface area contributed by atoms with Crippen molar-refractivity contribution in [1.29, 1.82) is 0 Å². The van der Waals surface area contributed by atoms with Crippen LogP contribution < -0.4 is 10.6 Å². The second kappa shape index (κ2) is 8.53. The predicted molar refractivity (Wildman–Crippen MR) is 92.5 cm³/mol. The summed E-state index contributed by atoms with van der Waals surface area (Å²) in [7, 11) is 0. The van der Waals surface area contributed by atoms with Gasteiger partial charge in [0.1, 0.15) is 5.58 Å². The number of esters is 1. The van der Waals surface area contributed by atoms with Crippen LogP contribution in [0.3, 0.4) is 0 Å². The molecule has 3 amide bonds. The Morgan fingerprint density at radius 2 is 2.00 bits per heavy atom. The average Bonchev–Trinajstić information content (AvgIpc) is 2.95. The molecule has 1 heterocycles. The molecule has 1 aromatic heterocycles. The van der Waals surface area contributed by atoms with E-state index in [1.54, 1.807) is 18.2 Å². The fraction of sp³-hybridized carbons (Fsp3) is 0.353. The minimum Gasteiger partial charge on any atom is -0.450 e. The summed E-state index contributed by atoms with van der Waals surface area (Å²) in [5, 5.41) is 5.78. The first-order valence-corrected chi connectivity index (χ1v) is 8.17. The lowest BCUT2D eigenvalue weighted by molar-refractivity contribution is -0.123. The number of amides is 3. The first-order valence-electron chi connectivity index (χ1n) is 7.79. The van der Waals surface area contributed by atoms with Gasteiger partial charge in [0.15, 0.2) is 6.61 Å². The van der Waals surface area contributed by atoms with Crippen LogP contribution in [0.2, 0.25) is 5.02 Å². The van der Waals surface area contributed by atoms with Crippen molar-refractivity contribution in [1.82, 2.24) is 10.6 Å². The molecule has 2 N–H and O–H groups in total. The Balaban J connectivity index is 1.80. The number of ether oxygens (including phenoxy) is 1. The Hall–Kier alpha value is -2.54. The molecule has 0 saturated carbocycles. The highest BCUT2D eigenvalue weighted by molar-refractivity contribution is 6.31. The van der Waals surface area contributed by atoms with E-state index in [4.69, 9.17) is 20.8 Å². The van der Waals surface area contributed by atoms with E-state index < -0.39 is 24.5 Å². The highest BCUT2D eigenvalue weighted by Gasteiger charge is 2.16. The third kappa shape index (κ3) is 5.79. The van der Waals surface area contributed by atoms with Gasteiger partial charge < -0.3 is 14.5 Å². The molecular weight excluding hydrogens is 348 g/mol. The minimum absolute atomic E-state index is 0.0496. The number of benzene rings is 1. The van der Waals surface area contributed by atoms with Crippen LogP contribution in [-0.2, 0) is 9.53 Å². The lowest BCUT2D eigenvalue weighted by atomic mass is 10.1. The highest BCUT2D eigenvalue weighted by Crippen LogP contribution is 2.23. The molecule has 2 aromatic rings. The molecule has 0 saturated heterocycles. The zero-order valence-corrected chi connectivity index (χ0v) is 14.7. The molecule has 1 aromatic carbocycles. The highest BCUT2D eigenvalue weighted by atomic mass is 35.5. The Morgan fingerprint density at radius 1 is 1.24 bits per heavy atom. The van der Waals surface area contributed by atoms with E-state index in [-0.39, 0.29) is 5.76 Å². The fourth-order valence-corrected chi connectivity index (χ4v) is 2.18. The van der Waals surface area contributed by atoms with E-state index in [0.717, 1.165) is 6.42 Å². The van der Waals surface area contributed by atoms with Crippen molar-refractivity contribution >= 4 is 40.5 Å². The van der Waals surface area contributed by atoms with E-state index in [9.17, 15) is 14.4 Å². The van der Waals surface area contributed by atoms with Crippen LogP contribution in [0, 0.1) is 5.92 Å². The second-order valence-electron chi connectivity index (χ2n) is 5.86. The van der Waals surface area contributed by atoms with E-state index in [2.05, 4.69) is 10.6 Å². The summed E-state index contributed by atoms with van der Waals surface area (Å²) in [6.45, 7) is 3.92. The molecular formula is C17H19ClN2O5. The van der Waals surface area contributed by atoms with Crippen LogP contribution in [0.25, 0.3) is 11.0 Å². The molecule has 0 unspecified atom stereocenters. The third-order valence-electron chi connectivity index (χ3n) is 3.27. The fourth-order valence-electron chi connectivity index (χ4n) is 2.00. The SMILES string of the molecule is CC(C)CCNC(=O)NC(=O)COC(=O)c1cc2cc(Cl)ccc2o1. The maximum atomic E-state index is 11.9. The van der Waals surface area contributed by atoms with Gasteiger partial charge in [-0.3, -0.25) is 10.1 Å². The van der Waals surface area contributed by atoms with Crippen molar-refractivity contribution in [2.24, 2.45) is 5.92 Å². The smallest absolute Gasteiger partial charge is 0.374 e. The monoisotopic (exact) mass is 366 g/mol. The zero-order valence-electron chi connectivity index (χ0n) is 13.9. The Kier molecular flexibility index (Phi) is 6.41. The van der Waals surface area contributed by atoms with Crippen LogP contribution in [-0.4, -0.2) is 31.1 Å². The number of rotatable bonds is 6. The molecule has 0 spiro atoms. The number of furan rings is 1. The molecule has 0 fully saturated rings. The van der Waals surface area contributed by atoms with E-state index in [1.807, 2.05) is 13.8 Å². The number of fused-ring (bicyclic) bond motifs is 1. The number of imide groups is 1. The van der Waals surface area contributed by atoms with Crippen molar-refractivity contribution < 1.29 is 23.5 Å². The topological polar surface area (TPSA) is 97.6 Å². The van der Waals surface area contributed by atoms with Crippen molar-refractivity contribution in [2.45, 2.75) is 20.3 Å². The van der Waals surface area contributed by atoms with Gasteiger partial charge >= 0.3 is 12.0 Å². The largest absolute Gasteiger partial charge is 0.450 e. The molecule has 8 heteroatoms. The number of hydrogen-bond donors (Lipinski definition) is 2. The number of nitrogens with one attached hydrogen (secondary N) is 2. The van der Waals surface area contributed by atoms with Gasteiger partial charge in [-0.15, -0.1) is 0 Å². The van der Waals surface area contributed by atoms with Gasteiger partial charge in [0.2, 0.25) is 5.76 Å². The van der Waals surface area contributed by atoms with Gasteiger partial charge in [-0.2, -0.15) is 0 Å². The first-order chi connectivity index (χ1) is 11.8. The molecule has 0 atom stereocenters. The van der Waals surface area contributed by atoms with E-state index >= 15 is 0 Å². The molecule has 0 aliphatic carbocycles. The lowest BCUT2D eigenvalue weighted by Crippen LogP contribution is -2.41. The Morgan fingerprint density at radius 3 is 2.72 bits per heavy atom. The summed E-state index contributed by atoms with van der Waals surface area (Å²) in [4.78, 5) is 35.0. The van der Waals surface area contributed by atoms with Gasteiger partial charge in [-0.1, -0.05) is 25.4 Å². The van der Waals surface area contributed by atoms with Crippen molar-refractivity contribution in [3.05, 3.63) is 35.0 Å². The van der Waals surface area contributed by atoms with E-state index in [1.165, 1.54) is 6.07 Å². The number of halogens is 1. The third-order valence-corrected chi connectivity index (χ3v) is 3.51. The molecule has 0 bridgehead atoms. The lowest BCUT2D eigenvalue weighted by Gasteiger charge is -2.08. The molecule has 0 aliphatic heterocycles. The second-order valence-corrected chi connectivity index (χ2v) is 6.29.